The molecule has 6 nitrogen and oxygen atoms in total. The van der Waals surface area contributed by atoms with Gasteiger partial charge in [-0.15, -0.1) is 0 Å². The fourth-order valence-electron chi connectivity index (χ4n) is 2.23. The van der Waals surface area contributed by atoms with Gasteiger partial charge in [0.15, 0.2) is 0 Å². The lowest BCUT2D eigenvalue weighted by molar-refractivity contribution is 0.0946. The van der Waals surface area contributed by atoms with E-state index in [-0.39, 0.29) is 5.91 Å². The molecule has 3 rings (SSSR count). The Morgan fingerprint density at radius 1 is 1.12 bits per heavy atom. The Bertz CT molecular complexity index is 886. The van der Waals surface area contributed by atoms with Gasteiger partial charge in [0.1, 0.15) is 17.8 Å². The van der Waals surface area contributed by atoms with E-state index in [1.165, 1.54) is 6.33 Å². The number of halogens is 1. The third-order valence-corrected chi connectivity index (χ3v) is 4.05. The molecule has 1 amide bonds. The highest BCUT2D eigenvalue weighted by Crippen LogP contribution is 2.22. The minimum atomic E-state index is -0.255. The van der Waals surface area contributed by atoms with Gasteiger partial charge in [-0.3, -0.25) is 9.78 Å². The Morgan fingerprint density at radius 2 is 1.92 bits per heavy atom. The molecule has 7 heteroatoms. The van der Waals surface area contributed by atoms with E-state index in [1.54, 1.807) is 18.5 Å². The summed E-state index contributed by atoms with van der Waals surface area (Å²) in [5, 5.41) is 6.04. The van der Waals surface area contributed by atoms with Crippen molar-refractivity contribution in [2.45, 2.75) is 13.5 Å². The van der Waals surface area contributed by atoms with Crippen LogP contribution in [0.5, 0.6) is 0 Å². The van der Waals surface area contributed by atoms with Crippen LogP contribution in [0.25, 0.3) is 0 Å². The van der Waals surface area contributed by atoms with Crippen molar-refractivity contribution in [3.05, 3.63) is 76.4 Å². The van der Waals surface area contributed by atoms with Crippen LogP contribution in [-0.4, -0.2) is 20.9 Å². The van der Waals surface area contributed by atoms with Gasteiger partial charge in [0.05, 0.1) is 0 Å². The smallest absolute Gasteiger partial charge is 0.270 e. The lowest BCUT2D eigenvalue weighted by Crippen LogP contribution is -2.24. The van der Waals surface area contributed by atoms with Gasteiger partial charge in [0, 0.05) is 35.2 Å². The van der Waals surface area contributed by atoms with Crippen molar-refractivity contribution in [2.24, 2.45) is 0 Å². The second-order valence-corrected chi connectivity index (χ2v) is 6.33. The van der Waals surface area contributed by atoms with E-state index in [0.717, 1.165) is 21.3 Å². The molecular formula is C18H16BrN5O. The summed E-state index contributed by atoms with van der Waals surface area (Å²) in [6.45, 7) is 2.41. The summed E-state index contributed by atoms with van der Waals surface area (Å²) < 4.78 is 1.01. The molecule has 2 aromatic heterocycles. The maximum atomic E-state index is 12.3. The highest BCUT2D eigenvalue weighted by molar-refractivity contribution is 9.10. The van der Waals surface area contributed by atoms with Crippen LogP contribution in [0.15, 0.2) is 59.6 Å². The standard InChI is InChI=1S/C18H16BrN5O/c1-12-8-14(19)2-3-15(12)24-17-9-16(22-11-23-17)18(25)21-10-13-4-6-20-7-5-13/h2-9,11H,10H2,1H3,(H,21,25)(H,22,23,24). The van der Waals surface area contributed by atoms with Gasteiger partial charge in [-0.2, -0.15) is 0 Å². The molecule has 0 aliphatic rings. The molecule has 0 fully saturated rings. The molecule has 0 unspecified atom stereocenters. The maximum Gasteiger partial charge on any atom is 0.270 e. The average Bonchev–Trinajstić information content (AvgIpc) is 2.63. The largest absolute Gasteiger partial charge is 0.347 e. The molecule has 3 aromatic rings. The molecule has 1 aromatic carbocycles. The van der Waals surface area contributed by atoms with E-state index < -0.39 is 0 Å². The number of hydrogen-bond acceptors (Lipinski definition) is 5. The van der Waals surface area contributed by atoms with Crippen molar-refractivity contribution in [3.8, 4) is 0 Å². The number of pyridine rings is 1. The van der Waals surface area contributed by atoms with Crippen molar-refractivity contribution in [1.82, 2.24) is 20.3 Å². The zero-order valence-electron chi connectivity index (χ0n) is 13.5. The molecule has 0 atom stereocenters. The first-order valence-corrected chi connectivity index (χ1v) is 8.43. The number of hydrogen-bond donors (Lipinski definition) is 2. The number of nitrogens with one attached hydrogen (secondary N) is 2. The number of carbonyl (C=O) groups is 1. The number of nitrogens with zero attached hydrogens (tertiary/aromatic N) is 3. The summed E-state index contributed by atoms with van der Waals surface area (Å²) in [6, 6.07) is 11.2. The van der Waals surface area contributed by atoms with Crippen molar-refractivity contribution in [1.29, 1.82) is 0 Å². The molecule has 0 radical (unpaired) electrons. The molecule has 0 bridgehead atoms. The van der Waals surface area contributed by atoms with Crippen LogP contribution in [0, 0.1) is 6.92 Å². The minimum Gasteiger partial charge on any atom is -0.347 e. The molecule has 0 aliphatic carbocycles. The first-order valence-electron chi connectivity index (χ1n) is 7.64. The molecule has 0 spiro atoms. The van der Waals surface area contributed by atoms with Gasteiger partial charge in [-0.05, 0) is 48.4 Å². The van der Waals surface area contributed by atoms with Crippen LogP contribution >= 0.6 is 15.9 Å². The lowest BCUT2D eigenvalue weighted by atomic mass is 10.2. The molecule has 2 N–H and O–H groups in total. The predicted molar refractivity (Wildman–Crippen MR) is 99.6 cm³/mol. The summed E-state index contributed by atoms with van der Waals surface area (Å²) in [5.41, 5.74) is 3.27. The molecule has 126 valence electrons. The third kappa shape index (κ3) is 4.60. The Labute approximate surface area is 153 Å². The number of benzene rings is 1. The zero-order valence-corrected chi connectivity index (χ0v) is 15.1. The fourth-order valence-corrected chi connectivity index (χ4v) is 2.70. The Morgan fingerprint density at radius 3 is 2.68 bits per heavy atom. The van der Waals surface area contributed by atoms with E-state index in [1.807, 2.05) is 37.3 Å². The van der Waals surface area contributed by atoms with E-state index in [4.69, 9.17) is 0 Å². The van der Waals surface area contributed by atoms with Gasteiger partial charge in [0.25, 0.3) is 5.91 Å². The van der Waals surface area contributed by atoms with Gasteiger partial charge in [0.2, 0.25) is 0 Å². The van der Waals surface area contributed by atoms with Crippen LogP contribution in [0.4, 0.5) is 11.5 Å². The highest BCUT2D eigenvalue weighted by Gasteiger charge is 2.09. The van der Waals surface area contributed by atoms with Crippen molar-refractivity contribution >= 4 is 33.3 Å². The van der Waals surface area contributed by atoms with Crippen molar-refractivity contribution in [2.75, 3.05) is 5.32 Å². The van der Waals surface area contributed by atoms with E-state index in [0.29, 0.717) is 18.1 Å². The Balaban J connectivity index is 1.69. The topological polar surface area (TPSA) is 79.8 Å². The average molecular weight is 398 g/mol. The van der Waals surface area contributed by atoms with Crippen molar-refractivity contribution in [3.63, 3.8) is 0 Å². The molecule has 0 aliphatic heterocycles. The second-order valence-electron chi connectivity index (χ2n) is 5.41. The molecule has 25 heavy (non-hydrogen) atoms. The monoisotopic (exact) mass is 397 g/mol. The van der Waals surface area contributed by atoms with Crippen LogP contribution < -0.4 is 10.6 Å². The number of amides is 1. The summed E-state index contributed by atoms with van der Waals surface area (Å²) >= 11 is 3.44. The van der Waals surface area contributed by atoms with Crippen LogP contribution in [0.1, 0.15) is 21.6 Å². The zero-order chi connectivity index (χ0) is 17.6. The van der Waals surface area contributed by atoms with Crippen LogP contribution in [-0.2, 0) is 6.54 Å². The van der Waals surface area contributed by atoms with Gasteiger partial charge < -0.3 is 10.6 Å². The summed E-state index contributed by atoms with van der Waals surface area (Å²) in [6.07, 6.45) is 4.75. The Hall–Kier alpha value is -2.80. The number of carbonyl (C=O) groups excluding carboxylic acids is 1. The molecule has 0 saturated heterocycles. The SMILES string of the molecule is Cc1cc(Br)ccc1Nc1cc(C(=O)NCc2ccncc2)ncn1. The molecule has 2 heterocycles. The minimum absolute atomic E-state index is 0.255. The van der Waals surface area contributed by atoms with Gasteiger partial charge >= 0.3 is 0 Å². The number of aromatic nitrogens is 3. The van der Waals surface area contributed by atoms with Gasteiger partial charge in [-0.1, -0.05) is 15.9 Å². The van der Waals surface area contributed by atoms with Crippen LogP contribution in [0.3, 0.4) is 0 Å². The molecular weight excluding hydrogens is 382 g/mol. The quantitative estimate of drug-likeness (QED) is 0.687. The maximum absolute atomic E-state index is 12.3. The highest BCUT2D eigenvalue weighted by atomic mass is 79.9. The van der Waals surface area contributed by atoms with E-state index >= 15 is 0 Å². The predicted octanol–water partition coefficient (Wildman–Crippen LogP) is 3.62. The van der Waals surface area contributed by atoms with E-state index in [9.17, 15) is 4.79 Å². The normalized spacial score (nSPS) is 10.3. The Kier molecular flexibility index (Phi) is 5.35. The fraction of sp³-hybridized carbons (Fsp3) is 0.111. The van der Waals surface area contributed by atoms with E-state index in [2.05, 4.69) is 41.5 Å². The number of rotatable bonds is 5. The lowest BCUT2D eigenvalue weighted by Gasteiger charge is -2.10. The first-order chi connectivity index (χ1) is 12.1. The summed E-state index contributed by atoms with van der Waals surface area (Å²) in [4.78, 5) is 24.5. The van der Waals surface area contributed by atoms with Gasteiger partial charge in [-0.25, -0.2) is 9.97 Å². The number of anilines is 2. The third-order valence-electron chi connectivity index (χ3n) is 3.55. The summed E-state index contributed by atoms with van der Waals surface area (Å²) in [5.74, 6) is 0.310. The second kappa shape index (κ2) is 7.85. The van der Waals surface area contributed by atoms with Crippen LogP contribution in [0.2, 0.25) is 0 Å². The first kappa shape index (κ1) is 17.0. The van der Waals surface area contributed by atoms with Crippen molar-refractivity contribution < 1.29 is 4.79 Å². The molecule has 0 saturated carbocycles. The number of aryl methyl sites for hydroxylation is 1. The summed E-state index contributed by atoms with van der Waals surface area (Å²) in [7, 11) is 0.